The van der Waals surface area contributed by atoms with Crippen molar-refractivity contribution < 1.29 is 13.2 Å². The number of nitrogens with zero attached hydrogens (tertiary/aromatic N) is 1. The summed E-state index contributed by atoms with van der Waals surface area (Å²) in [6.45, 7) is 5.05. The fourth-order valence-corrected chi connectivity index (χ4v) is 4.81. The third kappa shape index (κ3) is 4.08. The van der Waals surface area contributed by atoms with Gasteiger partial charge in [0.05, 0.1) is 10.6 Å². The molecule has 0 atom stereocenters. The summed E-state index contributed by atoms with van der Waals surface area (Å²) in [5.41, 5.74) is 3.77. The van der Waals surface area contributed by atoms with Gasteiger partial charge in [-0.05, 0) is 48.4 Å². The monoisotopic (exact) mass is 434 g/mol. The van der Waals surface area contributed by atoms with E-state index in [1.807, 2.05) is 30.3 Å². The molecule has 0 saturated heterocycles. The van der Waals surface area contributed by atoms with E-state index in [1.54, 1.807) is 31.2 Å². The van der Waals surface area contributed by atoms with E-state index < -0.39 is 9.84 Å². The first kappa shape index (κ1) is 21.1. The summed E-state index contributed by atoms with van der Waals surface area (Å²) >= 11 is 0. The Bertz CT molecular complexity index is 1350. The zero-order chi connectivity index (χ0) is 22.0. The van der Waals surface area contributed by atoms with Crippen LogP contribution in [0.1, 0.15) is 36.2 Å². The van der Waals surface area contributed by atoms with Crippen LogP contribution < -0.4 is 5.32 Å². The highest BCUT2D eigenvalue weighted by atomic mass is 32.2. The topological polar surface area (TPSA) is 68.2 Å². The highest BCUT2D eigenvalue weighted by molar-refractivity contribution is 7.91. The van der Waals surface area contributed by atoms with E-state index in [9.17, 15) is 13.2 Å². The van der Waals surface area contributed by atoms with Gasteiger partial charge in [-0.25, -0.2) is 8.42 Å². The van der Waals surface area contributed by atoms with E-state index in [4.69, 9.17) is 0 Å². The van der Waals surface area contributed by atoms with Gasteiger partial charge >= 0.3 is 0 Å². The van der Waals surface area contributed by atoms with Gasteiger partial charge < -0.3 is 9.88 Å². The first-order chi connectivity index (χ1) is 14.9. The summed E-state index contributed by atoms with van der Waals surface area (Å²) in [5, 5.41) is 5.16. The summed E-state index contributed by atoms with van der Waals surface area (Å²) in [6.07, 6.45) is 1.04. The van der Waals surface area contributed by atoms with Crippen LogP contribution in [0.3, 0.4) is 0 Å². The first-order valence-corrected chi connectivity index (χ1v) is 12.2. The quantitative estimate of drug-likeness (QED) is 0.448. The van der Waals surface area contributed by atoms with Crippen LogP contribution in [0.15, 0.2) is 71.6 Å². The van der Waals surface area contributed by atoms with Gasteiger partial charge in [0.1, 0.15) is 0 Å². The summed E-state index contributed by atoms with van der Waals surface area (Å²) in [6, 6.07) is 20.8. The van der Waals surface area contributed by atoms with Gasteiger partial charge in [-0.2, -0.15) is 0 Å². The normalized spacial score (nSPS) is 11.8. The van der Waals surface area contributed by atoms with E-state index in [0.29, 0.717) is 17.0 Å². The number of fused-ring (bicyclic) bond motifs is 3. The average Bonchev–Trinajstić information content (AvgIpc) is 3.11. The minimum absolute atomic E-state index is 0.0697. The minimum Gasteiger partial charge on any atom is -0.348 e. The fraction of sp³-hybridized carbons (Fsp3) is 0.240. The molecule has 0 spiro atoms. The number of hydrogen-bond donors (Lipinski definition) is 1. The number of carbonyl (C=O) groups excluding carboxylic acids is 1. The fourth-order valence-electron chi connectivity index (χ4n) is 3.93. The summed E-state index contributed by atoms with van der Waals surface area (Å²) in [5.74, 6) is -0.0836. The van der Waals surface area contributed by atoms with Gasteiger partial charge in [0.15, 0.2) is 9.84 Å². The van der Waals surface area contributed by atoms with Crippen LogP contribution in [-0.2, 0) is 22.9 Å². The minimum atomic E-state index is -3.22. The van der Waals surface area contributed by atoms with Gasteiger partial charge in [0.25, 0.3) is 5.91 Å². The number of aromatic nitrogens is 1. The number of para-hydroxylation sites is 1. The molecule has 1 aromatic heterocycles. The van der Waals surface area contributed by atoms with Crippen molar-refractivity contribution in [3.8, 4) is 0 Å². The van der Waals surface area contributed by atoms with Crippen LogP contribution >= 0.6 is 0 Å². The average molecular weight is 435 g/mol. The van der Waals surface area contributed by atoms with Gasteiger partial charge in [-0.3, -0.25) is 4.79 Å². The molecule has 3 aromatic carbocycles. The zero-order valence-electron chi connectivity index (χ0n) is 17.8. The number of rotatable bonds is 7. The summed E-state index contributed by atoms with van der Waals surface area (Å²) in [4.78, 5) is 13.1. The first-order valence-electron chi connectivity index (χ1n) is 10.6. The molecule has 1 heterocycles. The second kappa shape index (κ2) is 8.55. The molecule has 6 heteroatoms. The molecule has 0 bridgehead atoms. The highest BCUT2D eigenvalue weighted by Gasteiger charge is 2.14. The molecule has 0 saturated carbocycles. The number of hydrogen-bond acceptors (Lipinski definition) is 3. The third-order valence-corrected chi connectivity index (χ3v) is 7.35. The number of aryl methyl sites for hydroxylation is 1. The van der Waals surface area contributed by atoms with Crippen LogP contribution in [0.4, 0.5) is 0 Å². The number of nitrogens with one attached hydrogen (secondary N) is 1. The molecule has 0 radical (unpaired) electrons. The van der Waals surface area contributed by atoms with E-state index >= 15 is 0 Å². The molecular weight excluding hydrogens is 408 g/mol. The number of sulfone groups is 1. The standard InChI is InChI=1S/C25H26N2O3S/c1-3-15-27-23-8-6-5-7-21(23)22-16-19(11-14-24(22)27)25(28)26-17-18-9-12-20(13-10-18)31(29,30)4-2/h5-14,16H,3-4,15,17H2,1-2H3,(H,26,28). The van der Waals surface area contributed by atoms with E-state index in [-0.39, 0.29) is 11.7 Å². The van der Waals surface area contributed by atoms with Crippen molar-refractivity contribution in [3.05, 3.63) is 77.9 Å². The molecule has 0 aliphatic carbocycles. The van der Waals surface area contributed by atoms with Crippen molar-refractivity contribution in [2.75, 3.05) is 5.75 Å². The lowest BCUT2D eigenvalue weighted by molar-refractivity contribution is 0.0951. The molecular formula is C25H26N2O3S. The Labute approximate surface area is 182 Å². The van der Waals surface area contributed by atoms with Gasteiger partial charge in [0, 0.05) is 40.5 Å². The molecule has 1 N–H and O–H groups in total. The predicted octanol–water partition coefficient (Wildman–Crippen LogP) is 4.93. The molecule has 0 fully saturated rings. The Kier molecular flexibility index (Phi) is 5.83. The van der Waals surface area contributed by atoms with Crippen LogP contribution in [0.5, 0.6) is 0 Å². The molecule has 4 rings (SSSR count). The number of benzene rings is 3. The van der Waals surface area contributed by atoms with Crippen molar-refractivity contribution in [1.29, 1.82) is 0 Å². The van der Waals surface area contributed by atoms with Crippen molar-refractivity contribution >= 4 is 37.6 Å². The molecule has 160 valence electrons. The van der Waals surface area contributed by atoms with E-state index in [0.717, 1.165) is 34.8 Å². The lowest BCUT2D eigenvalue weighted by atomic mass is 10.1. The molecule has 0 aliphatic rings. The van der Waals surface area contributed by atoms with Gasteiger partial charge in [-0.1, -0.05) is 44.2 Å². The van der Waals surface area contributed by atoms with Crippen LogP contribution in [0, 0.1) is 0 Å². The SMILES string of the molecule is CCCn1c2ccccc2c2cc(C(=O)NCc3ccc(S(=O)(=O)CC)cc3)ccc21. The maximum atomic E-state index is 12.8. The van der Waals surface area contributed by atoms with Gasteiger partial charge in [-0.15, -0.1) is 0 Å². The number of amides is 1. The lowest BCUT2D eigenvalue weighted by Gasteiger charge is -2.08. The van der Waals surface area contributed by atoms with Crippen LogP contribution in [0.25, 0.3) is 21.8 Å². The molecule has 5 nitrogen and oxygen atoms in total. The second-order valence-corrected chi connectivity index (χ2v) is 9.91. The third-order valence-electron chi connectivity index (χ3n) is 5.60. The maximum absolute atomic E-state index is 12.8. The molecule has 1 amide bonds. The van der Waals surface area contributed by atoms with E-state index in [2.05, 4.69) is 28.9 Å². The zero-order valence-corrected chi connectivity index (χ0v) is 18.6. The molecule has 4 aromatic rings. The largest absolute Gasteiger partial charge is 0.348 e. The lowest BCUT2D eigenvalue weighted by Crippen LogP contribution is -2.22. The summed E-state index contributed by atoms with van der Waals surface area (Å²) in [7, 11) is -3.22. The smallest absolute Gasteiger partial charge is 0.251 e. The Hall–Kier alpha value is -3.12. The van der Waals surface area contributed by atoms with Crippen LogP contribution in [0.2, 0.25) is 0 Å². The number of carbonyl (C=O) groups is 1. The molecule has 31 heavy (non-hydrogen) atoms. The Morgan fingerprint density at radius 2 is 1.61 bits per heavy atom. The van der Waals surface area contributed by atoms with Crippen molar-refractivity contribution in [3.63, 3.8) is 0 Å². The Balaban J connectivity index is 1.56. The summed E-state index contributed by atoms with van der Waals surface area (Å²) < 4.78 is 26.2. The molecule has 0 aliphatic heterocycles. The Morgan fingerprint density at radius 3 is 2.32 bits per heavy atom. The second-order valence-electron chi connectivity index (χ2n) is 7.63. The highest BCUT2D eigenvalue weighted by Crippen LogP contribution is 2.30. The Morgan fingerprint density at radius 1 is 0.903 bits per heavy atom. The van der Waals surface area contributed by atoms with Crippen molar-refractivity contribution in [2.24, 2.45) is 0 Å². The predicted molar refractivity (Wildman–Crippen MR) is 125 cm³/mol. The van der Waals surface area contributed by atoms with Crippen molar-refractivity contribution in [1.82, 2.24) is 9.88 Å². The van der Waals surface area contributed by atoms with Crippen LogP contribution in [-0.4, -0.2) is 24.6 Å². The molecule has 0 unspecified atom stereocenters. The van der Waals surface area contributed by atoms with E-state index in [1.165, 1.54) is 5.52 Å². The maximum Gasteiger partial charge on any atom is 0.251 e. The van der Waals surface area contributed by atoms with Crippen molar-refractivity contribution in [2.45, 2.75) is 38.3 Å². The van der Waals surface area contributed by atoms with Gasteiger partial charge in [0.2, 0.25) is 0 Å².